The van der Waals surface area contributed by atoms with Gasteiger partial charge in [-0.15, -0.1) is 0 Å². The lowest BCUT2D eigenvalue weighted by Crippen LogP contribution is -2.52. The van der Waals surface area contributed by atoms with Crippen molar-refractivity contribution in [2.24, 2.45) is 0 Å². The second kappa shape index (κ2) is 14.0. The van der Waals surface area contributed by atoms with E-state index < -0.39 is 23.3 Å². The molecule has 0 radical (unpaired) electrons. The first-order chi connectivity index (χ1) is 24.8. The van der Waals surface area contributed by atoms with Gasteiger partial charge in [0.2, 0.25) is 0 Å². The van der Waals surface area contributed by atoms with E-state index in [0.29, 0.717) is 35.2 Å². The minimum absolute atomic E-state index is 0.0188. The topological polar surface area (TPSA) is 124 Å². The Morgan fingerprint density at radius 2 is 1.17 bits per heavy atom. The number of H-pyrrole nitrogens is 2. The van der Waals surface area contributed by atoms with E-state index in [1.54, 1.807) is 14.0 Å². The highest BCUT2D eigenvalue weighted by Gasteiger charge is 2.43. The van der Waals surface area contributed by atoms with E-state index in [-0.39, 0.29) is 40.6 Å². The molecule has 4 saturated heterocycles. The van der Waals surface area contributed by atoms with Gasteiger partial charge in [-0.3, -0.25) is 18.9 Å². The van der Waals surface area contributed by atoms with Crippen LogP contribution >= 0.6 is 0 Å². The zero-order valence-electron chi connectivity index (χ0n) is 29.7. The highest BCUT2D eigenvalue weighted by Crippen LogP contribution is 2.35. The van der Waals surface area contributed by atoms with Gasteiger partial charge < -0.3 is 24.9 Å². The van der Waals surface area contributed by atoms with Gasteiger partial charge in [-0.2, -0.15) is 0 Å². The number of ether oxygens (including phenoxy) is 1. The largest absolute Gasteiger partial charge is 0.453 e. The average Bonchev–Trinajstić information content (AvgIpc) is 3.90. The van der Waals surface area contributed by atoms with Crippen LogP contribution in [-0.2, 0) is 4.74 Å². The Kier molecular flexibility index (Phi) is 9.76. The summed E-state index contributed by atoms with van der Waals surface area (Å²) in [6.45, 7) is 11.1. The van der Waals surface area contributed by atoms with Crippen LogP contribution in [0.25, 0.3) is 22.1 Å². The number of piperidine rings is 2. The van der Waals surface area contributed by atoms with Gasteiger partial charge in [-0.25, -0.2) is 31.9 Å². The van der Waals surface area contributed by atoms with Gasteiger partial charge in [0.25, 0.3) is 0 Å². The van der Waals surface area contributed by atoms with Crippen molar-refractivity contribution in [1.82, 2.24) is 39.1 Å². The van der Waals surface area contributed by atoms with Crippen LogP contribution in [0, 0.1) is 23.3 Å². The first-order valence-electron chi connectivity index (χ1n) is 18.0. The van der Waals surface area contributed by atoms with E-state index in [0.717, 1.165) is 102 Å². The first kappa shape index (κ1) is 36.2. The van der Waals surface area contributed by atoms with Gasteiger partial charge in [0, 0.05) is 93.2 Å². The third-order valence-corrected chi connectivity index (χ3v) is 11.9. The van der Waals surface area contributed by atoms with Crippen molar-refractivity contribution in [3.8, 4) is 0 Å². The number of amides is 1. The molecule has 1 amide bonds. The molecule has 4 fully saturated rings. The molecular formula is C36H46F4N8O4. The van der Waals surface area contributed by atoms with Crippen LogP contribution in [-0.4, -0.2) is 110 Å². The van der Waals surface area contributed by atoms with E-state index in [2.05, 4.69) is 38.9 Å². The van der Waals surface area contributed by atoms with Gasteiger partial charge in [-0.1, -0.05) is 0 Å². The average molecular weight is 731 g/mol. The van der Waals surface area contributed by atoms with Crippen LogP contribution in [0.5, 0.6) is 0 Å². The summed E-state index contributed by atoms with van der Waals surface area (Å²) in [6, 6.07) is 4.23. The molecule has 282 valence electrons. The number of aromatic amines is 2. The number of likely N-dealkylation sites (tertiary alicyclic amines) is 3. The van der Waals surface area contributed by atoms with Crippen molar-refractivity contribution in [3.63, 3.8) is 0 Å². The standard InChI is InChI=1S/C19H24F2N4O3.C17H22F2N4O/c1-19(5-8-23(11-19)18(27)28-2)24-6-3-12(4-7-24)25-16-10-14(21)13(20)9-15(16)22-17(25)26;1-17(4-5-20-10-17)22-6-2-11(3-7-22)23-15-9-13(19)12(18)8-14(15)21-16(23)24/h9-10,12H,3-8,11H2,1-2H3,(H,22,26);8-9,11,20H,2-7,10H2,1H3,(H,21,24). The van der Waals surface area contributed by atoms with Crippen LogP contribution < -0.4 is 16.7 Å². The molecule has 4 aliphatic rings. The number of carbonyl (C=O) groups is 1. The maximum Gasteiger partial charge on any atom is 0.409 e. The highest BCUT2D eigenvalue weighted by atomic mass is 19.2. The molecule has 4 aliphatic heterocycles. The second-order valence-electron chi connectivity index (χ2n) is 15.2. The molecule has 52 heavy (non-hydrogen) atoms. The third-order valence-electron chi connectivity index (χ3n) is 11.9. The monoisotopic (exact) mass is 730 g/mol. The number of hydrogen-bond donors (Lipinski definition) is 3. The third kappa shape index (κ3) is 6.64. The number of nitrogens with zero attached hydrogens (tertiary/aromatic N) is 5. The second-order valence-corrected chi connectivity index (χ2v) is 15.2. The maximum atomic E-state index is 13.7. The normalized spacial score (nSPS) is 25.2. The zero-order valence-corrected chi connectivity index (χ0v) is 29.7. The van der Waals surface area contributed by atoms with Crippen molar-refractivity contribution in [1.29, 1.82) is 0 Å². The van der Waals surface area contributed by atoms with Crippen LogP contribution in [0.15, 0.2) is 33.9 Å². The minimum Gasteiger partial charge on any atom is -0.453 e. The lowest BCUT2D eigenvalue weighted by atomic mass is 9.94. The van der Waals surface area contributed by atoms with E-state index in [9.17, 15) is 31.9 Å². The number of hydrogen-bond acceptors (Lipinski definition) is 7. The van der Waals surface area contributed by atoms with Crippen molar-refractivity contribution in [3.05, 3.63) is 68.5 Å². The molecule has 12 nitrogen and oxygen atoms in total. The van der Waals surface area contributed by atoms with E-state index in [1.165, 1.54) is 7.11 Å². The number of halogens is 4. The Bertz CT molecular complexity index is 2070. The quantitative estimate of drug-likeness (QED) is 0.265. The number of aromatic nitrogens is 4. The van der Waals surface area contributed by atoms with E-state index in [1.807, 2.05) is 0 Å². The highest BCUT2D eigenvalue weighted by molar-refractivity contribution is 5.76. The molecule has 6 heterocycles. The first-order valence-corrected chi connectivity index (χ1v) is 18.0. The molecule has 2 unspecified atom stereocenters. The van der Waals surface area contributed by atoms with Gasteiger partial charge in [0.1, 0.15) is 0 Å². The van der Waals surface area contributed by atoms with Crippen molar-refractivity contribution >= 4 is 28.2 Å². The molecule has 2 aromatic carbocycles. The van der Waals surface area contributed by atoms with Crippen LogP contribution in [0.4, 0.5) is 22.4 Å². The fourth-order valence-electron chi connectivity index (χ4n) is 8.86. The Morgan fingerprint density at radius 1 is 0.712 bits per heavy atom. The van der Waals surface area contributed by atoms with Gasteiger partial charge in [-0.05, 0) is 58.9 Å². The van der Waals surface area contributed by atoms with Crippen LogP contribution in [0.1, 0.15) is 64.5 Å². The number of rotatable bonds is 4. The SMILES string of the molecule is CC1(N2CCC(n3c(=O)[nH]c4cc(F)c(F)cc43)CC2)CCNC1.COC(=O)N1CCC(C)(N2CCC(n3c(=O)[nH]c4cc(F)c(F)cc43)CC2)C1. The predicted octanol–water partition coefficient (Wildman–Crippen LogP) is 4.47. The van der Waals surface area contributed by atoms with Gasteiger partial charge in [0.05, 0.1) is 29.2 Å². The molecule has 16 heteroatoms. The Morgan fingerprint density at radius 3 is 1.62 bits per heavy atom. The van der Waals surface area contributed by atoms with Crippen molar-refractivity contribution < 1.29 is 27.1 Å². The van der Waals surface area contributed by atoms with Gasteiger partial charge in [0.15, 0.2) is 23.3 Å². The summed E-state index contributed by atoms with van der Waals surface area (Å²) in [5, 5.41) is 3.41. The van der Waals surface area contributed by atoms with Crippen molar-refractivity contribution in [2.45, 2.75) is 75.5 Å². The number of methoxy groups -OCH3 is 1. The molecule has 0 spiro atoms. The molecule has 4 aromatic rings. The number of carbonyl (C=O) groups excluding carboxylic acids is 1. The summed E-state index contributed by atoms with van der Waals surface area (Å²) in [5.41, 5.74) is 0.934. The number of imidazole rings is 2. The maximum absolute atomic E-state index is 13.7. The lowest BCUT2D eigenvalue weighted by molar-refractivity contribution is 0.0662. The number of fused-ring (bicyclic) bond motifs is 2. The fraction of sp³-hybridized carbons (Fsp3) is 0.583. The fourth-order valence-corrected chi connectivity index (χ4v) is 8.86. The van der Waals surface area contributed by atoms with Crippen LogP contribution in [0.2, 0.25) is 0 Å². The zero-order chi connectivity index (χ0) is 36.9. The number of nitrogens with one attached hydrogen (secondary N) is 3. The molecule has 0 bridgehead atoms. The summed E-state index contributed by atoms with van der Waals surface area (Å²) in [5.74, 6) is -3.79. The summed E-state index contributed by atoms with van der Waals surface area (Å²) in [6.07, 6.45) is 4.81. The van der Waals surface area contributed by atoms with Gasteiger partial charge >= 0.3 is 17.5 Å². The Labute approximate surface area is 297 Å². The summed E-state index contributed by atoms with van der Waals surface area (Å²) >= 11 is 0. The summed E-state index contributed by atoms with van der Waals surface area (Å²) in [7, 11) is 1.39. The summed E-state index contributed by atoms with van der Waals surface area (Å²) in [4.78, 5) is 48.3. The van der Waals surface area contributed by atoms with Crippen molar-refractivity contribution in [2.75, 3.05) is 59.5 Å². The molecule has 3 N–H and O–H groups in total. The molecule has 2 aromatic heterocycles. The predicted molar refractivity (Wildman–Crippen MR) is 188 cm³/mol. The molecule has 2 atom stereocenters. The molecule has 0 aliphatic carbocycles. The summed E-state index contributed by atoms with van der Waals surface area (Å²) < 4.78 is 62.1. The van der Waals surface area contributed by atoms with E-state index in [4.69, 9.17) is 4.74 Å². The molecule has 8 rings (SSSR count). The molecule has 0 saturated carbocycles. The lowest BCUT2D eigenvalue weighted by Gasteiger charge is -2.43. The van der Waals surface area contributed by atoms with E-state index >= 15 is 0 Å². The Balaban J connectivity index is 0.000000164. The van der Waals surface area contributed by atoms with Crippen LogP contribution in [0.3, 0.4) is 0 Å². The number of benzene rings is 2. The Hall–Kier alpha value is -4.15. The minimum atomic E-state index is -0.972. The smallest absolute Gasteiger partial charge is 0.409 e. The molecular weight excluding hydrogens is 684 g/mol.